The Balaban J connectivity index is 1.47. The van der Waals surface area contributed by atoms with Gasteiger partial charge >= 0.3 is 6.09 Å². The Morgan fingerprint density at radius 2 is 2.04 bits per heavy atom. The van der Waals surface area contributed by atoms with Gasteiger partial charge in [-0.05, 0) is 76.0 Å². The average Bonchev–Trinajstić information content (AvgIpc) is 3.28. The van der Waals surface area contributed by atoms with Gasteiger partial charge in [0.15, 0.2) is 0 Å². The zero-order valence-electron chi connectivity index (χ0n) is 26.5. The molecule has 2 amide bonds. The van der Waals surface area contributed by atoms with Gasteiger partial charge in [0.25, 0.3) is 0 Å². The van der Waals surface area contributed by atoms with E-state index in [0.29, 0.717) is 25.9 Å². The molecule has 6 heteroatoms. The number of carboxylic acid groups (broad SMARTS) is 1. The Labute approximate surface area is 178 Å². The maximum absolute atomic E-state index is 13.2. The lowest BCUT2D eigenvalue weighted by molar-refractivity contribution is -0.131. The Hall–Kier alpha value is -1.30. The van der Waals surface area contributed by atoms with Crippen LogP contribution in [0, 0.1) is 17.3 Å². The highest BCUT2D eigenvalue weighted by molar-refractivity contribution is 5.79. The number of amides is 2. The van der Waals surface area contributed by atoms with Gasteiger partial charge in [-0.1, -0.05) is 13.3 Å². The monoisotopic (exact) mass is 388 g/mol. The van der Waals surface area contributed by atoms with Crippen LogP contribution in [-0.2, 0) is 4.79 Å². The Morgan fingerprint density at radius 3 is 2.63 bits per heavy atom. The van der Waals surface area contributed by atoms with E-state index in [1.165, 1.54) is 4.90 Å². The van der Waals surface area contributed by atoms with Crippen LogP contribution in [0.5, 0.6) is 0 Å². The van der Waals surface area contributed by atoms with Crippen LogP contribution in [-0.4, -0.2) is 64.7 Å². The van der Waals surface area contributed by atoms with Gasteiger partial charge in [0, 0.05) is 45.7 Å². The summed E-state index contributed by atoms with van der Waals surface area (Å²) in [6.07, 6.45) is -10.7. The molecule has 3 atom stereocenters. The van der Waals surface area contributed by atoms with Crippen molar-refractivity contribution in [2.45, 2.75) is 76.5 Å². The maximum Gasteiger partial charge on any atom is 0.407 e. The lowest BCUT2D eigenvalue weighted by atomic mass is 9.54. The van der Waals surface area contributed by atoms with Gasteiger partial charge in [0.05, 0.1) is 0 Å². The smallest absolute Gasteiger partial charge is 0.407 e. The summed E-state index contributed by atoms with van der Waals surface area (Å²) in [5.41, 5.74) is -3.83. The second-order valence-electron chi connectivity index (χ2n) is 8.14. The first-order chi connectivity index (χ1) is 17.2. The molecule has 2 N–H and O–H groups in total. The molecule has 0 radical (unpaired) electrons. The highest BCUT2D eigenvalue weighted by Crippen LogP contribution is 2.56. The lowest BCUT2D eigenvalue weighted by Crippen LogP contribution is -2.62. The van der Waals surface area contributed by atoms with Crippen LogP contribution in [0.2, 0.25) is 0 Å². The van der Waals surface area contributed by atoms with Crippen LogP contribution in [0.3, 0.4) is 0 Å². The molecule has 2 unspecified atom stereocenters. The lowest BCUT2D eigenvalue weighted by Gasteiger charge is -2.58. The number of nitrogens with zero attached hydrogens (tertiary/aromatic N) is 2. The van der Waals surface area contributed by atoms with Crippen LogP contribution < -0.4 is 5.32 Å². The Bertz CT molecular complexity index is 979. The van der Waals surface area contributed by atoms with Crippen molar-refractivity contribution in [3.8, 4) is 0 Å². The molecule has 2 aliphatic carbocycles. The van der Waals surface area contributed by atoms with E-state index in [1.807, 2.05) is 11.8 Å². The van der Waals surface area contributed by atoms with Gasteiger partial charge in [-0.15, -0.1) is 0 Å². The Kier molecular flexibility index (Phi) is 2.56. The largest absolute Gasteiger partial charge is 0.465 e. The normalized spacial score (nSPS) is 50.3. The first kappa shape index (κ1) is 9.95. The molecule has 0 bridgehead atoms. The van der Waals surface area contributed by atoms with Crippen LogP contribution in [0.4, 0.5) is 4.79 Å². The molecule has 0 aromatic carbocycles. The van der Waals surface area contributed by atoms with Crippen molar-refractivity contribution < 1.29 is 29.8 Å². The van der Waals surface area contributed by atoms with Crippen LogP contribution >= 0.6 is 0 Å². The first-order valence-corrected chi connectivity index (χ1v) is 9.72. The molecule has 2 saturated carbocycles. The summed E-state index contributed by atoms with van der Waals surface area (Å²) in [6, 6.07) is -0.471. The summed E-state index contributed by atoms with van der Waals surface area (Å²) in [4.78, 5) is 27.9. The summed E-state index contributed by atoms with van der Waals surface area (Å²) in [5, 5.41) is 11.5. The minimum absolute atomic E-state index is 0.0808. The molecule has 4 fully saturated rings. The highest BCUT2D eigenvalue weighted by Gasteiger charge is 2.58. The fourth-order valence-corrected chi connectivity index (χ4v) is 5.06. The molecule has 4 aliphatic rings. The molecular weight excluding hydrogens is 342 g/mol. The van der Waals surface area contributed by atoms with Crippen molar-refractivity contribution in [3.63, 3.8) is 0 Å². The molecule has 4 rings (SSSR count). The van der Waals surface area contributed by atoms with Gasteiger partial charge in [0.1, 0.15) is 0 Å². The first-order valence-electron chi connectivity index (χ1n) is 15.2. The quantitative estimate of drug-likeness (QED) is 0.777. The maximum atomic E-state index is 13.2. The molecule has 2 heterocycles. The molecule has 6 nitrogen and oxygen atoms in total. The zero-order chi connectivity index (χ0) is 28.9. The number of hydrogen-bond acceptors (Lipinski definition) is 3. The minimum Gasteiger partial charge on any atom is -0.465 e. The average molecular weight is 389 g/mol. The van der Waals surface area contributed by atoms with Gasteiger partial charge in [-0.25, -0.2) is 4.79 Å². The molecule has 27 heavy (non-hydrogen) atoms. The van der Waals surface area contributed by atoms with Gasteiger partial charge in [-0.2, -0.15) is 0 Å². The third-order valence-corrected chi connectivity index (χ3v) is 6.64. The molecule has 2 saturated heterocycles. The van der Waals surface area contributed by atoms with E-state index in [9.17, 15) is 14.7 Å². The van der Waals surface area contributed by atoms with Crippen molar-refractivity contribution in [3.05, 3.63) is 0 Å². The number of carbonyl (C=O) groups excluding carboxylic acids is 1. The van der Waals surface area contributed by atoms with Gasteiger partial charge < -0.3 is 20.2 Å². The van der Waals surface area contributed by atoms with Gasteiger partial charge in [-0.3, -0.25) is 4.79 Å². The van der Waals surface area contributed by atoms with E-state index < -0.39 is 67.3 Å². The number of piperidine rings is 1. The van der Waals surface area contributed by atoms with Crippen molar-refractivity contribution in [2.75, 3.05) is 26.2 Å². The van der Waals surface area contributed by atoms with Crippen LogP contribution in [0.15, 0.2) is 0 Å². The molecule has 2 aliphatic heterocycles. The topological polar surface area (TPSA) is 72.9 Å². The predicted molar refractivity (Wildman–Crippen MR) is 104 cm³/mol. The molecule has 0 aromatic rings. The molecule has 0 aromatic heterocycles. The third-order valence-electron chi connectivity index (χ3n) is 6.64. The van der Waals surface area contributed by atoms with Crippen molar-refractivity contribution in [1.29, 1.82) is 0 Å². The third kappa shape index (κ3) is 3.34. The van der Waals surface area contributed by atoms with Crippen LogP contribution in [0.1, 0.15) is 80.0 Å². The van der Waals surface area contributed by atoms with Gasteiger partial charge in [0.2, 0.25) is 5.91 Å². The SMILES string of the molecule is [2H]C([2H])([2H])C1(NC(=O)C2CCN(C3C(CC)[C@@]4(CCN(C(=O)O)C4)C3([2H])[2H])CC2)C([2H])([2H])C([2H])([2H])C1([2H])[2H]. The highest BCUT2D eigenvalue weighted by atomic mass is 16.4. The summed E-state index contributed by atoms with van der Waals surface area (Å²) in [5.74, 6) is -1.72. The number of nitrogens with one attached hydrogen (secondary N) is 1. The summed E-state index contributed by atoms with van der Waals surface area (Å²) >= 11 is 0. The zero-order valence-corrected chi connectivity index (χ0v) is 15.5. The van der Waals surface area contributed by atoms with E-state index in [2.05, 4.69) is 5.32 Å². The van der Waals surface area contributed by atoms with Crippen LogP contribution in [0.25, 0.3) is 0 Å². The summed E-state index contributed by atoms with van der Waals surface area (Å²) in [7, 11) is 0. The fraction of sp³-hybridized carbons (Fsp3) is 0.905. The van der Waals surface area contributed by atoms with Crippen molar-refractivity contribution >= 4 is 12.0 Å². The molecular formula is C21H35N3O3. The standard InChI is InChI=1S/C21H35N3O3/c1-3-16-17(13-21(16)9-12-24(14-21)19(26)27)23-10-5-15(6-11-23)18(25)22-20(2)7-4-8-20/h15-17H,3-14H2,1-2H3,(H,22,25)(H,26,27)/t16?,17?,21-/m0/s1/i2D3,4D2,7D2,8D2,13D2. The van der Waals surface area contributed by atoms with Crippen molar-refractivity contribution in [1.82, 2.24) is 15.1 Å². The fourth-order valence-electron chi connectivity index (χ4n) is 5.06. The van der Waals surface area contributed by atoms with E-state index >= 15 is 0 Å². The number of carbonyl (C=O) groups is 2. The van der Waals surface area contributed by atoms with E-state index in [0.717, 1.165) is 0 Å². The van der Waals surface area contributed by atoms with E-state index in [-0.39, 0.29) is 31.8 Å². The molecule has 152 valence electrons. The summed E-state index contributed by atoms with van der Waals surface area (Å²) in [6.45, 7) is -0.385. The second kappa shape index (κ2) is 6.94. The predicted octanol–water partition coefficient (Wildman–Crippen LogP) is 2.93. The Morgan fingerprint density at radius 1 is 1.30 bits per heavy atom. The van der Waals surface area contributed by atoms with Crippen molar-refractivity contribution in [2.24, 2.45) is 17.3 Å². The molecule has 1 spiro atoms. The number of hydrogen-bond donors (Lipinski definition) is 2. The van der Waals surface area contributed by atoms with E-state index in [4.69, 9.17) is 15.1 Å². The number of rotatable bonds is 4. The number of likely N-dealkylation sites (tertiary alicyclic amines) is 2. The summed E-state index contributed by atoms with van der Waals surface area (Å²) < 4.78 is 89.4. The second-order valence-corrected chi connectivity index (χ2v) is 8.14. The van der Waals surface area contributed by atoms with E-state index in [1.54, 1.807) is 0 Å². The minimum atomic E-state index is -3.36.